The molecule has 0 saturated carbocycles. The van der Waals surface area contributed by atoms with Crippen molar-refractivity contribution in [3.63, 3.8) is 0 Å². The number of aliphatic hydroxyl groups is 1. The molecule has 6 nitrogen and oxygen atoms in total. The summed E-state index contributed by atoms with van der Waals surface area (Å²) in [5.41, 5.74) is 1.23. The Morgan fingerprint density at radius 2 is 1.96 bits per heavy atom. The van der Waals surface area contributed by atoms with E-state index in [9.17, 15) is 14.7 Å². The minimum atomic E-state index is -0.449. The van der Waals surface area contributed by atoms with E-state index in [1.54, 1.807) is 11.0 Å². The number of nitrogens with one attached hydrogen (secondary N) is 1. The van der Waals surface area contributed by atoms with Gasteiger partial charge in [0.2, 0.25) is 5.91 Å². The lowest BCUT2D eigenvalue weighted by Crippen LogP contribution is -2.45. The number of para-hydroxylation sites is 1. The molecule has 2 fully saturated rings. The number of amides is 2. The van der Waals surface area contributed by atoms with Crippen LogP contribution in [0.2, 0.25) is 0 Å². The molecule has 2 heterocycles. The van der Waals surface area contributed by atoms with Crippen molar-refractivity contribution in [2.45, 2.75) is 51.2 Å². The molecule has 142 valence electrons. The Labute approximate surface area is 155 Å². The van der Waals surface area contributed by atoms with Crippen molar-refractivity contribution >= 4 is 17.5 Å². The van der Waals surface area contributed by atoms with Gasteiger partial charge in [0.25, 0.3) is 5.91 Å². The average molecular weight is 359 g/mol. The standard InChI is InChI=1S/C20H29N3O3/c1-15-7-4-5-12-23(15)19(25)13-21-18-10-3-2-9-17(18)20(26)22-11-6-8-16(24)14-22/h2-3,9-10,15-16,21,24H,4-8,11-14H2,1H3. The maximum atomic E-state index is 12.8. The van der Waals surface area contributed by atoms with Crippen LogP contribution in [0.1, 0.15) is 49.4 Å². The van der Waals surface area contributed by atoms with Crippen molar-refractivity contribution in [3.8, 4) is 0 Å². The smallest absolute Gasteiger partial charge is 0.256 e. The largest absolute Gasteiger partial charge is 0.391 e. The van der Waals surface area contributed by atoms with E-state index < -0.39 is 6.10 Å². The lowest BCUT2D eigenvalue weighted by molar-refractivity contribution is -0.132. The number of carbonyl (C=O) groups excluding carboxylic acids is 2. The number of likely N-dealkylation sites (tertiary alicyclic amines) is 2. The van der Waals surface area contributed by atoms with E-state index in [2.05, 4.69) is 12.2 Å². The molecule has 0 bridgehead atoms. The topological polar surface area (TPSA) is 72.9 Å². The summed E-state index contributed by atoms with van der Waals surface area (Å²) in [5.74, 6) is -0.0153. The third kappa shape index (κ3) is 4.36. The number of piperidine rings is 2. The Kier molecular flexibility index (Phi) is 6.14. The highest BCUT2D eigenvalue weighted by atomic mass is 16.3. The number of benzene rings is 1. The average Bonchev–Trinajstić information content (AvgIpc) is 2.66. The van der Waals surface area contributed by atoms with E-state index >= 15 is 0 Å². The highest BCUT2D eigenvalue weighted by Crippen LogP contribution is 2.21. The van der Waals surface area contributed by atoms with Crippen LogP contribution in [-0.2, 0) is 4.79 Å². The molecule has 0 aromatic heterocycles. The van der Waals surface area contributed by atoms with Gasteiger partial charge in [-0.15, -0.1) is 0 Å². The van der Waals surface area contributed by atoms with Crippen LogP contribution in [0, 0.1) is 0 Å². The normalized spacial score (nSPS) is 23.6. The predicted molar refractivity (Wildman–Crippen MR) is 101 cm³/mol. The second-order valence-electron chi connectivity index (χ2n) is 7.38. The zero-order valence-corrected chi connectivity index (χ0v) is 15.5. The van der Waals surface area contributed by atoms with E-state index in [1.807, 2.05) is 23.1 Å². The maximum Gasteiger partial charge on any atom is 0.256 e. The van der Waals surface area contributed by atoms with Crippen molar-refractivity contribution < 1.29 is 14.7 Å². The first-order valence-electron chi connectivity index (χ1n) is 9.66. The minimum Gasteiger partial charge on any atom is -0.391 e. The number of nitrogens with zero attached hydrogens (tertiary/aromatic N) is 2. The second kappa shape index (κ2) is 8.54. The summed E-state index contributed by atoms with van der Waals surface area (Å²) < 4.78 is 0. The molecule has 2 atom stereocenters. The summed E-state index contributed by atoms with van der Waals surface area (Å²) in [4.78, 5) is 29.0. The Hall–Kier alpha value is -2.08. The highest BCUT2D eigenvalue weighted by Gasteiger charge is 2.26. The van der Waals surface area contributed by atoms with E-state index in [0.717, 1.165) is 32.2 Å². The molecule has 0 radical (unpaired) electrons. The number of carbonyl (C=O) groups is 2. The molecular formula is C20H29N3O3. The van der Waals surface area contributed by atoms with Crippen LogP contribution in [0.3, 0.4) is 0 Å². The summed E-state index contributed by atoms with van der Waals surface area (Å²) in [6.45, 7) is 4.13. The minimum absolute atomic E-state index is 0.0767. The summed E-state index contributed by atoms with van der Waals surface area (Å²) in [7, 11) is 0. The number of hydrogen-bond donors (Lipinski definition) is 2. The fourth-order valence-electron chi connectivity index (χ4n) is 3.87. The first-order valence-corrected chi connectivity index (χ1v) is 9.66. The molecule has 26 heavy (non-hydrogen) atoms. The van der Waals surface area contributed by atoms with Gasteiger partial charge in [-0.3, -0.25) is 9.59 Å². The van der Waals surface area contributed by atoms with E-state index in [0.29, 0.717) is 24.3 Å². The molecular weight excluding hydrogens is 330 g/mol. The molecule has 2 unspecified atom stereocenters. The zero-order valence-electron chi connectivity index (χ0n) is 15.5. The van der Waals surface area contributed by atoms with Gasteiger partial charge < -0.3 is 20.2 Å². The Morgan fingerprint density at radius 3 is 2.73 bits per heavy atom. The monoisotopic (exact) mass is 359 g/mol. The number of rotatable bonds is 4. The van der Waals surface area contributed by atoms with Gasteiger partial charge in [-0.05, 0) is 51.2 Å². The fraction of sp³-hybridized carbons (Fsp3) is 0.600. The van der Waals surface area contributed by atoms with Gasteiger partial charge >= 0.3 is 0 Å². The number of hydrogen-bond acceptors (Lipinski definition) is 4. The molecule has 2 amide bonds. The molecule has 2 aliphatic rings. The molecule has 0 aliphatic carbocycles. The summed E-state index contributed by atoms with van der Waals surface area (Å²) in [5, 5.41) is 13.0. The van der Waals surface area contributed by atoms with Crippen LogP contribution in [0.25, 0.3) is 0 Å². The maximum absolute atomic E-state index is 12.8. The lowest BCUT2D eigenvalue weighted by atomic mass is 10.0. The van der Waals surface area contributed by atoms with Gasteiger partial charge in [0.1, 0.15) is 0 Å². The van der Waals surface area contributed by atoms with Crippen molar-refractivity contribution in [2.75, 3.05) is 31.5 Å². The first-order chi connectivity index (χ1) is 12.6. The van der Waals surface area contributed by atoms with Crippen molar-refractivity contribution in [1.29, 1.82) is 0 Å². The molecule has 2 aliphatic heterocycles. The summed E-state index contributed by atoms with van der Waals surface area (Å²) in [6, 6.07) is 7.58. The summed E-state index contributed by atoms with van der Waals surface area (Å²) in [6.07, 6.45) is 4.40. The molecule has 2 saturated heterocycles. The van der Waals surface area contributed by atoms with Gasteiger partial charge in [0.15, 0.2) is 0 Å². The van der Waals surface area contributed by atoms with Crippen molar-refractivity contribution in [3.05, 3.63) is 29.8 Å². The van der Waals surface area contributed by atoms with E-state index in [-0.39, 0.29) is 24.4 Å². The number of β-amino-alcohol motifs (C(OH)–C–C–N with tert-alkyl or cyclic N) is 1. The Bertz CT molecular complexity index is 649. The van der Waals surface area contributed by atoms with Gasteiger partial charge in [-0.1, -0.05) is 12.1 Å². The third-order valence-corrected chi connectivity index (χ3v) is 5.39. The van der Waals surface area contributed by atoms with Crippen LogP contribution in [0.4, 0.5) is 5.69 Å². The van der Waals surface area contributed by atoms with Crippen LogP contribution in [-0.4, -0.2) is 65.0 Å². The SMILES string of the molecule is CC1CCCCN1C(=O)CNc1ccccc1C(=O)N1CCCC(O)C1. The molecule has 2 N–H and O–H groups in total. The zero-order chi connectivity index (χ0) is 18.5. The van der Waals surface area contributed by atoms with Crippen LogP contribution < -0.4 is 5.32 Å². The molecule has 1 aromatic rings. The number of aliphatic hydroxyl groups excluding tert-OH is 1. The molecule has 1 aromatic carbocycles. The van der Waals surface area contributed by atoms with E-state index in [4.69, 9.17) is 0 Å². The Morgan fingerprint density at radius 1 is 1.15 bits per heavy atom. The van der Waals surface area contributed by atoms with Gasteiger partial charge in [-0.2, -0.15) is 0 Å². The summed E-state index contributed by atoms with van der Waals surface area (Å²) >= 11 is 0. The van der Waals surface area contributed by atoms with Crippen molar-refractivity contribution in [1.82, 2.24) is 9.80 Å². The predicted octanol–water partition coefficient (Wildman–Crippen LogP) is 2.10. The van der Waals surface area contributed by atoms with Gasteiger partial charge in [0, 0.05) is 31.4 Å². The fourth-order valence-corrected chi connectivity index (χ4v) is 3.87. The number of anilines is 1. The van der Waals surface area contributed by atoms with Gasteiger partial charge in [-0.25, -0.2) is 0 Å². The highest BCUT2D eigenvalue weighted by molar-refractivity contribution is 6.00. The van der Waals surface area contributed by atoms with Crippen molar-refractivity contribution in [2.24, 2.45) is 0 Å². The van der Waals surface area contributed by atoms with Crippen LogP contribution >= 0.6 is 0 Å². The van der Waals surface area contributed by atoms with Crippen LogP contribution in [0.15, 0.2) is 24.3 Å². The van der Waals surface area contributed by atoms with Crippen LogP contribution in [0.5, 0.6) is 0 Å². The lowest BCUT2D eigenvalue weighted by Gasteiger charge is -2.33. The third-order valence-electron chi connectivity index (χ3n) is 5.39. The molecule has 3 rings (SSSR count). The molecule has 6 heteroatoms. The van der Waals surface area contributed by atoms with E-state index in [1.165, 1.54) is 6.42 Å². The van der Waals surface area contributed by atoms with Gasteiger partial charge in [0.05, 0.1) is 18.2 Å². The Balaban J connectivity index is 1.65. The second-order valence-corrected chi connectivity index (χ2v) is 7.38. The quantitative estimate of drug-likeness (QED) is 0.863. The molecule has 0 spiro atoms. The first kappa shape index (κ1) is 18.7.